The van der Waals surface area contributed by atoms with Crippen LogP contribution in [0.1, 0.15) is 67.2 Å². The zero-order valence-corrected chi connectivity index (χ0v) is 11.9. The van der Waals surface area contributed by atoms with Crippen LogP contribution >= 0.6 is 0 Å². The van der Waals surface area contributed by atoms with E-state index in [1.165, 1.54) is 25.7 Å². The van der Waals surface area contributed by atoms with E-state index in [1.807, 2.05) is 18.2 Å². The van der Waals surface area contributed by atoms with Crippen LogP contribution in [0.25, 0.3) is 0 Å². The number of carbonyl (C=O) groups excluding carboxylic acids is 1. The van der Waals surface area contributed by atoms with Crippen molar-refractivity contribution in [1.82, 2.24) is 15.6 Å². The highest BCUT2D eigenvalue weighted by Gasteiger charge is 2.20. The van der Waals surface area contributed by atoms with E-state index in [2.05, 4.69) is 15.6 Å². The normalized spacial score (nSPS) is 23.7. The highest BCUT2D eigenvalue weighted by atomic mass is 16.1. The second-order valence-corrected chi connectivity index (χ2v) is 5.91. The molecular formula is C16H23N3O. The molecule has 1 aromatic rings. The van der Waals surface area contributed by atoms with E-state index in [-0.39, 0.29) is 5.91 Å². The molecule has 1 saturated heterocycles. The Balaban J connectivity index is 1.66. The van der Waals surface area contributed by atoms with Gasteiger partial charge in [0.25, 0.3) is 5.91 Å². The molecule has 0 radical (unpaired) electrons. The lowest BCUT2D eigenvalue weighted by molar-refractivity contribution is 0.0922. The summed E-state index contributed by atoms with van der Waals surface area (Å²) in [5, 5.41) is 6.56. The maximum absolute atomic E-state index is 12.3. The highest BCUT2D eigenvalue weighted by molar-refractivity contribution is 5.92. The number of aromatic nitrogens is 1. The first-order chi connectivity index (χ1) is 9.83. The van der Waals surface area contributed by atoms with Gasteiger partial charge in [0.05, 0.1) is 5.69 Å². The van der Waals surface area contributed by atoms with Gasteiger partial charge in [-0.3, -0.25) is 4.79 Å². The minimum Gasteiger partial charge on any atom is -0.348 e. The molecule has 0 spiro atoms. The predicted molar refractivity (Wildman–Crippen MR) is 78.6 cm³/mol. The van der Waals surface area contributed by atoms with E-state index >= 15 is 0 Å². The molecule has 1 amide bonds. The van der Waals surface area contributed by atoms with Crippen molar-refractivity contribution in [1.29, 1.82) is 0 Å². The van der Waals surface area contributed by atoms with Gasteiger partial charge in [-0.25, -0.2) is 4.98 Å². The third-order valence-corrected chi connectivity index (χ3v) is 4.36. The first-order valence-electron chi connectivity index (χ1n) is 7.84. The lowest BCUT2D eigenvalue weighted by Crippen LogP contribution is -2.36. The molecule has 4 heteroatoms. The second-order valence-electron chi connectivity index (χ2n) is 5.91. The van der Waals surface area contributed by atoms with Gasteiger partial charge in [0.15, 0.2) is 0 Å². The Labute approximate surface area is 120 Å². The van der Waals surface area contributed by atoms with Crippen LogP contribution in [0.2, 0.25) is 0 Å². The highest BCUT2D eigenvalue weighted by Crippen LogP contribution is 2.21. The van der Waals surface area contributed by atoms with E-state index in [0.29, 0.717) is 17.8 Å². The number of nitrogens with one attached hydrogen (secondary N) is 2. The van der Waals surface area contributed by atoms with Gasteiger partial charge in [-0.15, -0.1) is 0 Å². The van der Waals surface area contributed by atoms with E-state index in [1.54, 1.807) is 0 Å². The maximum Gasteiger partial charge on any atom is 0.270 e. The van der Waals surface area contributed by atoms with Gasteiger partial charge in [0.1, 0.15) is 5.69 Å². The van der Waals surface area contributed by atoms with Gasteiger partial charge in [-0.2, -0.15) is 0 Å². The number of nitrogens with zero attached hydrogens (tertiary/aromatic N) is 1. The summed E-state index contributed by atoms with van der Waals surface area (Å²) >= 11 is 0. The Kier molecular flexibility index (Phi) is 4.31. The Bertz CT molecular complexity index is 463. The van der Waals surface area contributed by atoms with Crippen molar-refractivity contribution in [3.8, 4) is 0 Å². The molecule has 0 unspecified atom stereocenters. The standard InChI is InChI=1S/C16H23N3O/c20-16(18-12-6-2-1-3-7-12)15-9-4-8-14(19-15)13-10-5-11-17-13/h4,8-9,12-13,17H,1-3,5-7,10-11H2,(H,18,20)/t13-/m1/s1. The van der Waals surface area contributed by atoms with Crippen molar-refractivity contribution in [2.75, 3.05) is 6.54 Å². The van der Waals surface area contributed by atoms with E-state index in [9.17, 15) is 4.79 Å². The van der Waals surface area contributed by atoms with Crippen LogP contribution in [-0.2, 0) is 0 Å². The Morgan fingerprint density at radius 3 is 2.75 bits per heavy atom. The second kappa shape index (κ2) is 6.35. The van der Waals surface area contributed by atoms with Crippen LogP contribution < -0.4 is 10.6 Å². The molecule has 4 nitrogen and oxygen atoms in total. The fourth-order valence-electron chi connectivity index (χ4n) is 3.22. The molecule has 1 saturated carbocycles. The number of pyridine rings is 1. The van der Waals surface area contributed by atoms with E-state index in [4.69, 9.17) is 0 Å². The lowest BCUT2D eigenvalue weighted by Gasteiger charge is -2.22. The monoisotopic (exact) mass is 273 g/mol. The molecule has 2 N–H and O–H groups in total. The van der Waals surface area contributed by atoms with Crippen LogP contribution in [-0.4, -0.2) is 23.5 Å². The van der Waals surface area contributed by atoms with Crippen LogP contribution in [0.5, 0.6) is 0 Å². The summed E-state index contributed by atoms with van der Waals surface area (Å²) < 4.78 is 0. The lowest BCUT2D eigenvalue weighted by atomic mass is 9.95. The van der Waals surface area contributed by atoms with Gasteiger partial charge in [0, 0.05) is 12.1 Å². The van der Waals surface area contributed by atoms with Crippen molar-refractivity contribution in [2.24, 2.45) is 0 Å². The van der Waals surface area contributed by atoms with Crippen LogP contribution in [0.4, 0.5) is 0 Å². The fraction of sp³-hybridized carbons (Fsp3) is 0.625. The average molecular weight is 273 g/mol. The first-order valence-corrected chi connectivity index (χ1v) is 7.84. The minimum atomic E-state index is -0.0169. The summed E-state index contributed by atoms with van der Waals surface area (Å²) in [6, 6.07) is 6.43. The third kappa shape index (κ3) is 3.18. The Morgan fingerprint density at radius 2 is 2.00 bits per heavy atom. The largest absolute Gasteiger partial charge is 0.348 e. The molecule has 3 rings (SSSR count). The summed E-state index contributed by atoms with van der Waals surface area (Å²) in [5.74, 6) is -0.0169. The number of hydrogen-bond acceptors (Lipinski definition) is 3. The zero-order valence-electron chi connectivity index (χ0n) is 11.9. The van der Waals surface area contributed by atoms with Gasteiger partial charge in [0.2, 0.25) is 0 Å². The number of carbonyl (C=O) groups is 1. The summed E-state index contributed by atoms with van der Waals surface area (Å²) in [6.45, 7) is 1.05. The molecule has 1 aliphatic carbocycles. The van der Waals surface area contributed by atoms with Gasteiger partial charge < -0.3 is 10.6 Å². The molecule has 0 aromatic carbocycles. The van der Waals surface area contributed by atoms with Gasteiger partial charge in [-0.05, 0) is 44.4 Å². The quantitative estimate of drug-likeness (QED) is 0.890. The van der Waals surface area contributed by atoms with Crippen LogP contribution in [0, 0.1) is 0 Å². The maximum atomic E-state index is 12.3. The average Bonchev–Trinajstić information content (AvgIpc) is 3.03. The first kappa shape index (κ1) is 13.6. The topological polar surface area (TPSA) is 54.0 Å². The van der Waals surface area contributed by atoms with Crippen molar-refractivity contribution in [2.45, 2.75) is 57.0 Å². The van der Waals surface area contributed by atoms with Gasteiger partial charge in [-0.1, -0.05) is 25.3 Å². The molecule has 1 aromatic heterocycles. The Hall–Kier alpha value is -1.42. The number of rotatable bonds is 3. The van der Waals surface area contributed by atoms with Crippen LogP contribution in [0.3, 0.4) is 0 Å². The van der Waals surface area contributed by atoms with Gasteiger partial charge >= 0.3 is 0 Å². The predicted octanol–water partition coefficient (Wildman–Crippen LogP) is 2.57. The molecule has 2 fully saturated rings. The summed E-state index contributed by atoms with van der Waals surface area (Å²) in [6.07, 6.45) is 8.26. The molecule has 1 aliphatic heterocycles. The number of hydrogen-bond donors (Lipinski definition) is 2. The number of amides is 1. The molecule has 2 aliphatic rings. The summed E-state index contributed by atoms with van der Waals surface area (Å²) in [7, 11) is 0. The smallest absolute Gasteiger partial charge is 0.270 e. The fourth-order valence-corrected chi connectivity index (χ4v) is 3.22. The molecule has 1 atom stereocenters. The van der Waals surface area contributed by atoms with Crippen molar-refractivity contribution in [3.63, 3.8) is 0 Å². The van der Waals surface area contributed by atoms with E-state index in [0.717, 1.165) is 31.5 Å². The van der Waals surface area contributed by atoms with Crippen LogP contribution in [0.15, 0.2) is 18.2 Å². The molecule has 108 valence electrons. The van der Waals surface area contributed by atoms with Crippen molar-refractivity contribution < 1.29 is 4.79 Å². The van der Waals surface area contributed by atoms with Crippen molar-refractivity contribution in [3.05, 3.63) is 29.6 Å². The SMILES string of the molecule is O=C(NC1CCCCC1)c1cccc([C@H]2CCCN2)n1. The molecule has 0 bridgehead atoms. The third-order valence-electron chi connectivity index (χ3n) is 4.36. The molecule has 20 heavy (non-hydrogen) atoms. The summed E-state index contributed by atoms with van der Waals surface area (Å²) in [4.78, 5) is 16.8. The zero-order chi connectivity index (χ0) is 13.8. The Morgan fingerprint density at radius 1 is 1.15 bits per heavy atom. The van der Waals surface area contributed by atoms with Crippen molar-refractivity contribution >= 4 is 5.91 Å². The minimum absolute atomic E-state index is 0.0169. The van der Waals surface area contributed by atoms with E-state index < -0.39 is 0 Å². The molecular weight excluding hydrogens is 250 g/mol. The molecule has 2 heterocycles. The summed E-state index contributed by atoms with van der Waals surface area (Å²) in [5.41, 5.74) is 1.56.